The van der Waals surface area contributed by atoms with Gasteiger partial charge in [-0.15, -0.1) is 0 Å². The van der Waals surface area contributed by atoms with Gasteiger partial charge in [-0.1, -0.05) is 53.8 Å². The van der Waals surface area contributed by atoms with Gasteiger partial charge in [0.25, 0.3) is 0 Å². The van der Waals surface area contributed by atoms with E-state index in [0.29, 0.717) is 0 Å². The second-order valence-corrected chi connectivity index (χ2v) is 6.27. The summed E-state index contributed by atoms with van der Waals surface area (Å²) >= 11 is 1.74. The smallest absolute Gasteiger partial charge is 0.114 e. The molecule has 0 unspecified atom stereocenters. The lowest BCUT2D eigenvalue weighted by Crippen LogP contribution is -1.94. The number of aromatic nitrogens is 1. The van der Waals surface area contributed by atoms with Gasteiger partial charge in [-0.05, 0) is 42.8 Å². The molecule has 0 aliphatic rings. The number of H-pyrrole nitrogens is 1. The van der Waals surface area contributed by atoms with Crippen molar-refractivity contribution in [2.75, 3.05) is 0 Å². The predicted octanol–water partition coefficient (Wildman–Crippen LogP) is 5.72. The summed E-state index contributed by atoms with van der Waals surface area (Å²) in [5.41, 5.74) is 4.17. The zero-order valence-corrected chi connectivity index (χ0v) is 14.2. The van der Waals surface area contributed by atoms with Gasteiger partial charge in [-0.25, -0.2) is 0 Å². The van der Waals surface area contributed by atoms with E-state index in [4.69, 9.17) is 4.84 Å². The van der Waals surface area contributed by atoms with Gasteiger partial charge in [0.15, 0.2) is 0 Å². The molecule has 120 valence electrons. The minimum Gasteiger partial charge on any atom is -0.365 e. The lowest BCUT2D eigenvalue weighted by Gasteiger charge is -2.08. The Morgan fingerprint density at radius 2 is 1.88 bits per heavy atom. The van der Waals surface area contributed by atoms with Crippen molar-refractivity contribution in [3.8, 4) is 11.3 Å². The molecule has 0 spiro atoms. The van der Waals surface area contributed by atoms with Gasteiger partial charge < -0.3 is 9.82 Å². The summed E-state index contributed by atoms with van der Waals surface area (Å²) in [4.78, 5) is 10.5. The van der Waals surface area contributed by atoms with E-state index in [1.54, 1.807) is 11.8 Å². The molecular formula is C20H18N2OS. The zero-order chi connectivity index (χ0) is 16.8. The van der Waals surface area contributed by atoms with Crippen molar-refractivity contribution in [3.63, 3.8) is 0 Å². The summed E-state index contributed by atoms with van der Waals surface area (Å²) in [6.45, 7) is 5.39. The first-order valence-electron chi connectivity index (χ1n) is 7.60. The molecule has 0 saturated carbocycles. The highest BCUT2D eigenvalue weighted by Crippen LogP contribution is 2.35. The fourth-order valence-electron chi connectivity index (χ4n) is 2.34. The van der Waals surface area contributed by atoms with Crippen LogP contribution in [0.15, 0.2) is 94.6 Å². The third kappa shape index (κ3) is 3.78. The highest BCUT2D eigenvalue weighted by molar-refractivity contribution is 7.99. The largest absolute Gasteiger partial charge is 0.365 e. The number of benzene rings is 2. The first-order valence-corrected chi connectivity index (χ1v) is 8.42. The number of aromatic amines is 1. The van der Waals surface area contributed by atoms with Gasteiger partial charge in [-0.2, -0.15) is 0 Å². The van der Waals surface area contributed by atoms with E-state index in [-0.39, 0.29) is 0 Å². The summed E-state index contributed by atoms with van der Waals surface area (Å²) < 4.78 is 0. The zero-order valence-electron chi connectivity index (χ0n) is 13.4. The maximum absolute atomic E-state index is 4.88. The molecule has 3 aromatic rings. The first-order chi connectivity index (χ1) is 11.8. The van der Waals surface area contributed by atoms with Crippen molar-refractivity contribution in [1.82, 2.24) is 4.98 Å². The number of hydrogen-bond acceptors (Lipinski definition) is 3. The van der Waals surface area contributed by atoms with Gasteiger partial charge in [0.05, 0.1) is 5.71 Å². The fourth-order valence-corrected chi connectivity index (χ4v) is 3.30. The molecule has 0 aliphatic carbocycles. The van der Waals surface area contributed by atoms with E-state index in [9.17, 15) is 0 Å². The topological polar surface area (TPSA) is 37.4 Å². The van der Waals surface area contributed by atoms with E-state index >= 15 is 0 Å². The van der Waals surface area contributed by atoms with Gasteiger partial charge >= 0.3 is 0 Å². The van der Waals surface area contributed by atoms with Crippen molar-refractivity contribution in [2.45, 2.75) is 16.7 Å². The lowest BCUT2D eigenvalue weighted by atomic mass is 10.1. The molecule has 3 nitrogen and oxygen atoms in total. The molecular weight excluding hydrogens is 316 g/mol. The van der Waals surface area contributed by atoms with Crippen LogP contribution in [0.2, 0.25) is 0 Å². The Kier molecular flexibility index (Phi) is 5.18. The second-order valence-electron chi connectivity index (χ2n) is 5.16. The quantitative estimate of drug-likeness (QED) is 0.356. The minimum atomic E-state index is 0.818. The maximum atomic E-state index is 4.88. The SMILES string of the molecule is C=CO/N=C(\C)c1ccc(Sc2ccccc2-c2ccc[nH]2)cc1. The molecule has 0 atom stereocenters. The third-order valence-corrected chi connectivity index (χ3v) is 4.62. The molecule has 1 N–H and O–H groups in total. The molecule has 4 heteroatoms. The van der Waals surface area contributed by atoms with E-state index in [1.807, 2.05) is 31.3 Å². The second kappa shape index (κ2) is 7.70. The van der Waals surface area contributed by atoms with Gasteiger partial charge in [-0.3, -0.25) is 0 Å². The number of nitrogens with zero attached hydrogens (tertiary/aromatic N) is 1. The Morgan fingerprint density at radius 1 is 1.08 bits per heavy atom. The first kappa shape index (κ1) is 16.1. The van der Waals surface area contributed by atoms with Crippen LogP contribution >= 0.6 is 11.8 Å². The standard InChI is InChI=1S/C20H18N2OS/c1-3-23-22-15(2)16-10-12-17(13-11-16)24-20-9-5-4-7-18(20)19-8-6-14-21-19/h3-14,21H,1H2,2H3/b22-15+. The van der Waals surface area contributed by atoms with Gasteiger partial charge in [0, 0.05) is 27.2 Å². The third-order valence-electron chi connectivity index (χ3n) is 3.54. The Morgan fingerprint density at radius 3 is 2.58 bits per heavy atom. The maximum Gasteiger partial charge on any atom is 0.114 e. The normalized spacial score (nSPS) is 11.3. The van der Waals surface area contributed by atoms with Crippen molar-refractivity contribution in [1.29, 1.82) is 0 Å². The van der Waals surface area contributed by atoms with Crippen LogP contribution in [0, 0.1) is 0 Å². The van der Waals surface area contributed by atoms with E-state index in [0.717, 1.165) is 17.0 Å². The van der Waals surface area contributed by atoms with E-state index < -0.39 is 0 Å². The Bertz CT molecular complexity index is 836. The molecule has 3 rings (SSSR count). The molecule has 1 aromatic heterocycles. The van der Waals surface area contributed by atoms with Crippen LogP contribution in [0.1, 0.15) is 12.5 Å². The van der Waals surface area contributed by atoms with Crippen molar-refractivity contribution in [3.05, 3.63) is 85.3 Å². The summed E-state index contributed by atoms with van der Waals surface area (Å²) in [5.74, 6) is 0. The van der Waals surface area contributed by atoms with Crippen molar-refractivity contribution < 1.29 is 4.84 Å². The average molecular weight is 334 g/mol. The van der Waals surface area contributed by atoms with Crippen LogP contribution in [0.3, 0.4) is 0 Å². The van der Waals surface area contributed by atoms with Gasteiger partial charge in [0.1, 0.15) is 6.26 Å². The minimum absolute atomic E-state index is 0.818. The Labute approximate surface area is 146 Å². The van der Waals surface area contributed by atoms with E-state index in [1.165, 1.54) is 21.6 Å². The number of hydrogen-bond donors (Lipinski definition) is 1. The summed E-state index contributed by atoms with van der Waals surface area (Å²) in [5, 5.41) is 3.96. The van der Waals surface area contributed by atoms with Crippen LogP contribution in [0.5, 0.6) is 0 Å². The number of oxime groups is 1. The van der Waals surface area contributed by atoms with E-state index in [2.05, 4.69) is 59.2 Å². The molecule has 2 aromatic carbocycles. The molecule has 0 amide bonds. The fraction of sp³-hybridized carbons (Fsp3) is 0.0500. The van der Waals surface area contributed by atoms with Crippen LogP contribution in [-0.2, 0) is 4.84 Å². The highest BCUT2D eigenvalue weighted by Gasteiger charge is 2.07. The summed E-state index contributed by atoms with van der Waals surface area (Å²) in [6, 6.07) is 20.8. The van der Waals surface area contributed by atoms with Gasteiger partial charge in [0.2, 0.25) is 0 Å². The number of rotatable bonds is 6. The van der Waals surface area contributed by atoms with Crippen molar-refractivity contribution in [2.24, 2.45) is 5.16 Å². The van der Waals surface area contributed by atoms with Crippen molar-refractivity contribution >= 4 is 17.5 Å². The Balaban J connectivity index is 1.81. The molecule has 0 aliphatic heterocycles. The van der Waals surface area contributed by atoms with Crippen LogP contribution in [0.25, 0.3) is 11.3 Å². The summed E-state index contributed by atoms with van der Waals surface area (Å²) in [7, 11) is 0. The monoisotopic (exact) mass is 334 g/mol. The molecule has 0 radical (unpaired) electrons. The average Bonchev–Trinajstić information content (AvgIpc) is 3.15. The highest BCUT2D eigenvalue weighted by atomic mass is 32.2. The molecule has 24 heavy (non-hydrogen) atoms. The predicted molar refractivity (Wildman–Crippen MR) is 100 cm³/mol. The Hall–Kier alpha value is -2.72. The van der Waals surface area contributed by atoms with Crippen LogP contribution in [0.4, 0.5) is 0 Å². The number of nitrogens with one attached hydrogen (secondary N) is 1. The molecule has 0 fully saturated rings. The van der Waals surface area contributed by atoms with Crippen LogP contribution < -0.4 is 0 Å². The lowest BCUT2D eigenvalue weighted by molar-refractivity contribution is 0.269. The summed E-state index contributed by atoms with van der Waals surface area (Å²) in [6.07, 6.45) is 3.25. The van der Waals surface area contributed by atoms with Crippen LogP contribution in [-0.4, -0.2) is 10.7 Å². The molecule has 0 bridgehead atoms. The molecule has 1 heterocycles. The molecule has 0 saturated heterocycles.